The summed E-state index contributed by atoms with van der Waals surface area (Å²) in [5.74, 6) is 0. The summed E-state index contributed by atoms with van der Waals surface area (Å²) in [6.45, 7) is 7.66. The van der Waals surface area contributed by atoms with E-state index in [4.69, 9.17) is 4.74 Å². The Kier molecular flexibility index (Phi) is 6.37. The highest BCUT2D eigenvalue weighted by Crippen LogP contribution is 2.35. The van der Waals surface area contributed by atoms with E-state index in [2.05, 4.69) is 41.0 Å². The molecule has 4 heteroatoms. The molecule has 0 amide bonds. The van der Waals surface area contributed by atoms with Gasteiger partial charge in [-0.05, 0) is 57.7 Å². The average Bonchev–Trinajstić information content (AvgIpc) is 2.67. The maximum Gasteiger partial charge on any atom is 0.0500 e. The lowest BCUT2D eigenvalue weighted by atomic mass is 9.77. The van der Waals surface area contributed by atoms with Crippen LogP contribution in [0, 0.1) is 12.3 Å². The monoisotopic (exact) mass is 346 g/mol. The second-order valence-electron chi connectivity index (χ2n) is 8.03. The third kappa shape index (κ3) is 4.55. The highest BCUT2D eigenvalue weighted by molar-refractivity contribution is 5.47. The lowest BCUT2D eigenvalue weighted by Gasteiger charge is -2.47. The van der Waals surface area contributed by atoms with Crippen LogP contribution in [-0.4, -0.2) is 62.6 Å². The number of methoxy groups -OCH3 is 1. The van der Waals surface area contributed by atoms with E-state index in [1.54, 1.807) is 7.11 Å². The van der Waals surface area contributed by atoms with Crippen molar-refractivity contribution in [3.8, 4) is 0 Å². The van der Waals surface area contributed by atoms with Gasteiger partial charge in [-0.2, -0.15) is 0 Å². The second-order valence-corrected chi connectivity index (χ2v) is 8.03. The minimum absolute atomic E-state index is 0.0440. The molecule has 2 aliphatic rings. The first-order chi connectivity index (χ1) is 12.2. The van der Waals surface area contributed by atoms with Gasteiger partial charge >= 0.3 is 0 Å². The molecule has 2 aliphatic heterocycles. The molecule has 1 aromatic rings. The largest absolute Gasteiger partial charge is 0.396 e. The molecule has 3 rings (SSSR count). The SMILES string of the molecule is COCC[C@]1(CO)CCCN(C2CCN(c3ccc(C)cc3)CC2)C1. The molecule has 1 N–H and O–H groups in total. The van der Waals surface area contributed by atoms with Crippen molar-refractivity contribution >= 4 is 5.69 Å². The summed E-state index contributed by atoms with van der Waals surface area (Å²) < 4.78 is 5.29. The number of piperidine rings is 2. The number of nitrogens with zero attached hydrogens (tertiary/aromatic N) is 2. The molecule has 0 spiro atoms. The molecule has 2 saturated heterocycles. The highest BCUT2D eigenvalue weighted by Gasteiger charge is 2.37. The summed E-state index contributed by atoms with van der Waals surface area (Å²) in [4.78, 5) is 5.17. The predicted octanol–water partition coefficient (Wildman–Crippen LogP) is 3.07. The van der Waals surface area contributed by atoms with E-state index in [0.717, 1.165) is 39.1 Å². The molecule has 0 unspecified atom stereocenters. The lowest BCUT2D eigenvalue weighted by Crippen LogP contribution is -2.53. The summed E-state index contributed by atoms with van der Waals surface area (Å²) in [7, 11) is 1.76. The molecular weight excluding hydrogens is 312 g/mol. The normalized spacial score (nSPS) is 26.1. The van der Waals surface area contributed by atoms with Gasteiger partial charge in [0, 0.05) is 50.5 Å². The third-order valence-corrected chi connectivity index (χ3v) is 6.24. The van der Waals surface area contributed by atoms with E-state index >= 15 is 0 Å². The molecule has 0 aliphatic carbocycles. The van der Waals surface area contributed by atoms with Crippen molar-refractivity contribution in [3.63, 3.8) is 0 Å². The van der Waals surface area contributed by atoms with Crippen molar-refractivity contribution in [2.45, 2.75) is 45.1 Å². The zero-order valence-electron chi connectivity index (χ0n) is 15.9. The number of anilines is 1. The molecule has 0 aromatic heterocycles. The van der Waals surface area contributed by atoms with Crippen molar-refractivity contribution in [1.82, 2.24) is 4.90 Å². The average molecular weight is 347 g/mol. The Balaban J connectivity index is 1.56. The lowest BCUT2D eigenvalue weighted by molar-refractivity contribution is -0.0118. The highest BCUT2D eigenvalue weighted by atomic mass is 16.5. The first kappa shape index (κ1) is 18.7. The van der Waals surface area contributed by atoms with Gasteiger partial charge in [-0.3, -0.25) is 4.90 Å². The minimum Gasteiger partial charge on any atom is -0.396 e. The molecule has 1 atom stereocenters. The number of aryl methyl sites for hydroxylation is 1. The fourth-order valence-electron chi connectivity index (χ4n) is 4.53. The number of aliphatic hydroxyl groups is 1. The van der Waals surface area contributed by atoms with E-state index in [1.165, 1.54) is 37.1 Å². The summed E-state index contributed by atoms with van der Waals surface area (Å²) in [6.07, 6.45) is 5.74. The molecular formula is C21H34N2O2. The molecule has 2 heterocycles. The van der Waals surface area contributed by atoms with Crippen molar-refractivity contribution in [1.29, 1.82) is 0 Å². The molecule has 2 fully saturated rings. The molecule has 140 valence electrons. The molecule has 4 nitrogen and oxygen atoms in total. The van der Waals surface area contributed by atoms with Crippen molar-refractivity contribution in [2.75, 3.05) is 51.4 Å². The second kappa shape index (κ2) is 8.52. The summed E-state index contributed by atoms with van der Waals surface area (Å²) in [5.41, 5.74) is 2.72. The smallest absolute Gasteiger partial charge is 0.0500 e. The van der Waals surface area contributed by atoms with Crippen LogP contribution >= 0.6 is 0 Å². The van der Waals surface area contributed by atoms with E-state index < -0.39 is 0 Å². The van der Waals surface area contributed by atoms with E-state index in [1.807, 2.05) is 0 Å². The van der Waals surface area contributed by atoms with Gasteiger partial charge in [0.05, 0.1) is 6.61 Å². The van der Waals surface area contributed by atoms with Crippen LogP contribution in [0.5, 0.6) is 0 Å². The number of hydrogen-bond donors (Lipinski definition) is 1. The van der Waals surface area contributed by atoms with E-state index in [9.17, 15) is 5.11 Å². The first-order valence-electron chi connectivity index (χ1n) is 9.81. The Morgan fingerprint density at radius 1 is 1.16 bits per heavy atom. The predicted molar refractivity (Wildman–Crippen MR) is 103 cm³/mol. The van der Waals surface area contributed by atoms with E-state index in [-0.39, 0.29) is 12.0 Å². The summed E-state index contributed by atoms with van der Waals surface area (Å²) in [6, 6.07) is 9.57. The third-order valence-electron chi connectivity index (χ3n) is 6.24. The van der Waals surface area contributed by atoms with Crippen LogP contribution in [0.2, 0.25) is 0 Å². The summed E-state index contributed by atoms with van der Waals surface area (Å²) in [5, 5.41) is 10.0. The van der Waals surface area contributed by atoms with Gasteiger partial charge in [0.15, 0.2) is 0 Å². The Morgan fingerprint density at radius 3 is 2.52 bits per heavy atom. The van der Waals surface area contributed by atoms with Gasteiger partial charge < -0.3 is 14.7 Å². The van der Waals surface area contributed by atoms with E-state index in [0.29, 0.717) is 6.04 Å². The molecule has 0 saturated carbocycles. The molecule has 25 heavy (non-hydrogen) atoms. The quantitative estimate of drug-likeness (QED) is 0.859. The van der Waals surface area contributed by atoms with Crippen LogP contribution in [0.4, 0.5) is 5.69 Å². The number of ether oxygens (including phenoxy) is 1. The van der Waals surface area contributed by atoms with Crippen LogP contribution in [0.3, 0.4) is 0 Å². The van der Waals surface area contributed by atoms with Gasteiger partial charge in [-0.1, -0.05) is 17.7 Å². The van der Waals surface area contributed by atoms with Crippen LogP contribution < -0.4 is 4.90 Å². The molecule has 1 aromatic carbocycles. The van der Waals surface area contributed by atoms with Crippen molar-refractivity contribution in [2.24, 2.45) is 5.41 Å². The van der Waals surface area contributed by atoms with Gasteiger partial charge in [0.1, 0.15) is 0 Å². The van der Waals surface area contributed by atoms with Gasteiger partial charge in [-0.15, -0.1) is 0 Å². The minimum atomic E-state index is 0.0440. The zero-order chi connectivity index (χ0) is 17.7. The van der Waals surface area contributed by atoms with Crippen molar-refractivity contribution < 1.29 is 9.84 Å². The number of likely N-dealkylation sites (tertiary alicyclic amines) is 1. The maximum absolute atomic E-state index is 10.0. The van der Waals surface area contributed by atoms with Gasteiger partial charge in [-0.25, -0.2) is 0 Å². The van der Waals surface area contributed by atoms with Gasteiger partial charge in [0.25, 0.3) is 0 Å². The van der Waals surface area contributed by atoms with Crippen molar-refractivity contribution in [3.05, 3.63) is 29.8 Å². The van der Waals surface area contributed by atoms with Crippen LogP contribution in [0.15, 0.2) is 24.3 Å². The number of benzene rings is 1. The van der Waals surface area contributed by atoms with Crippen LogP contribution in [-0.2, 0) is 4.74 Å². The standard InChI is InChI=1S/C21H34N2O2/c1-18-4-6-19(7-5-18)22-13-8-20(9-14-22)23-12-3-10-21(16-23,17-24)11-15-25-2/h4-7,20,24H,3,8-17H2,1-2H3/t21-/m1/s1. The van der Waals surface area contributed by atoms with Crippen LogP contribution in [0.25, 0.3) is 0 Å². The number of aliphatic hydroxyl groups excluding tert-OH is 1. The van der Waals surface area contributed by atoms with Crippen LogP contribution in [0.1, 0.15) is 37.7 Å². The number of rotatable bonds is 6. The van der Waals surface area contributed by atoms with Gasteiger partial charge in [0.2, 0.25) is 0 Å². The maximum atomic E-state index is 10.0. The fraction of sp³-hybridized carbons (Fsp3) is 0.714. The first-order valence-corrected chi connectivity index (χ1v) is 9.81. The molecule has 0 bridgehead atoms. The topological polar surface area (TPSA) is 35.9 Å². The Hall–Kier alpha value is -1.10. The molecule has 0 radical (unpaired) electrons. The Labute approximate surface area is 152 Å². The fourth-order valence-corrected chi connectivity index (χ4v) is 4.53. The number of hydrogen-bond acceptors (Lipinski definition) is 4. The zero-order valence-corrected chi connectivity index (χ0v) is 15.9. The Bertz CT molecular complexity index is 525. The summed E-state index contributed by atoms with van der Waals surface area (Å²) >= 11 is 0. The Morgan fingerprint density at radius 2 is 1.88 bits per heavy atom.